The van der Waals surface area contributed by atoms with Gasteiger partial charge in [-0.15, -0.1) is 0 Å². The molecule has 0 aliphatic heterocycles. The molecule has 0 saturated carbocycles. The minimum absolute atomic E-state index is 0.102. The number of hydrogen-bond acceptors (Lipinski definition) is 3. The minimum atomic E-state index is -0.537. The fourth-order valence-corrected chi connectivity index (χ4v) is 2.73. The van der Waals surface area contributed by atoms with E-state index < -0.39 is 6.10 Å². The van der Waals surface area contributed by atoms with E-state index >= 15 is 0 Å². The molecule has 0 spiro atoms. The van der Waals surface area contributed by atoms with E-state index in [1.807, 2.05) is 37.3 Å². The Bertz CT molecular complexity index is 723. The molecule has 2 rings (SSSR count). The number of ether oxygens (including phenoxy) is 2. The molecule has 0 bridgehead atoms. The summed E-state index contributed by atoms with van der Waals surface area (Å²) < 4.78 is 11.1. The van der Waals surface area contributed by atoms with Gasteiger partial charge in [0, 0.05) is 6.54 Å². The van der Waals surface area contributed by atoms with Crippen LogP contribution in [0.2, 0.25) is 0 Å². The Morgan fingerprint density at radius 2 is 1.77 bits per heavy atom. The van der Waals surface area contributed by atoms with Crippen LogP contribution < -0.4 is 14.8 Å². The van der Waals surface area contributed by atoms with Gasteiger partial charge in [0.2, 0.25) is 0 Å². The van der Waals surface area contributed by atoms with Crippen molar-refractivity contribution in [1.29, 1.82) is 0 Å². The predicted molar refractivity (Wildman–Crippen MR) is 105 cm³/mol. The highest BCUT2D eigenvalue weighted by atomic mass is 16.5. The fraction of sp³-hybridized carbons (Fsp3) is 0.409. The van der Waals surface area contributed by atoms with Gasteiger partial charge in [0.25, 0.3) is 5.91 Å². The zero-order chi connectivity index (χ0) is 19.1. The number of carbonyl (C=O) groups is 1. The first-order valence-corrected chi connectivity index (χ1v) is 9.08. The fourth-order valence-electron chi connectivity index (χ4n) is 2.73. The average molecular weight is 355 g/mol. The zero-order valence-electron chi connectivity index (χ0n) is 16.3. The first-order chi connectivity index (χ1) is 12.4. The van der Waals surface area contributed by atoms with Crippen LogP contribution in [0.15, 0.2) is 42.5 Å². The van der Waals surface area contributed by atoms with E-state index in [0.717, 1.165) is 34.6 Å². The number of rotatable bonds is 8. The van der Waals surface area contributed by atoms with Gasteiger partial charge in [0.05, 0.1) is 7.11 Å². The number of methoxy groups -OCH3 is 1. The third-order valence-corrected chi connectivity index (χ3v) is 4.34. The summed E-state index contributed by atoms with van der Waals surface area (Å²) in [5, 5.41) is 2.95. The molecule has 2 aromatic rings. The van der Waals surface area contributed by atoms with Crippen LogP contribution in [0.5, 0.6) is 11.5 Å². The molecule has 0 aliphatic carbocycles. The molecule has 4 heteroatoms. The largest absolute Gasteiger partial charge is 0.497 e. The van der Waals surface area contributed by atoms with Crippen LogP contribution in [0, 0.1) is 6.92 Å². The Balaban J connectivity index is 1.88. The monoisotopic (exact) mass is 355 g/mol. The summed E-state index contributed by atoms with van der Waals surface area (Å²) in [5.41, 5.74) is 3.39. The second-order valence-corrected chi connectivity index (χ2v) is 6.85. The maximum absolute atomic E-state index is 12.3. The lowest BCUT2D eigenvalue weighted by Crippen LogP contribution is -2.37. The SMILES string of the molecule is COc1ccc(CCNC(=O)[C@H](C)Oc2cc(C)ccc2C(C)C)cc1. The van der Waals surface area contributed by atoms with Crippen LogP contribution in [0.25, 0.3) is 0 Å². The molecule has 2 aromatic carbocycles. The molecule has 4 nitrogen and oxygen atoms in total. The first-order valence-electron chi connectivity index (χ1n) is 9.08. The Morgan fingerprint density at radius 3 is 2.38 bits per heavy atom. The highest BCUT2D eigenvalue weighted by molar-refractivity contribution is 5.80. The molecule has 0 aromatic heterocycles. The van der Waals surface area contributed by atoms with E-state index in [-0.39, 0.29) is 5.91 Å². The molecule has 0 unspecified atom stereocenters. The molecule has 1 N–H and O–H groups in total. The van der Waals surface area contributed by atoms with Gasteiger partial charge in [-0.2, -0.15) is 0 Å². The first kappa shape index (κ1) is 19.8. The van der Waals surface area contributed by atoms with Crippen LogP contribution in [0.1, 0.15) is 43.4 Å². The Kier molecular flexibility index (Phi) is 7.07. The predicted octanol–water partition coefficient (Wildman–Crippen LogP) is 4.25. The van der Waals surface area contributed by atoms with Crippen molar-refractivity contribution < 1.29 is 14.3 Å². The summed E-state index contributed by atoms with van der Waals surface area (Å²) in [6.07, 6.45) is 0.231. The number of hydrogen-bond donors (Lipinski definition) is 1. The molecule has 140 valence electrons. The second-order valence-electron chi connectivity index (χ2n) is 6.85. The van der Waals surface area contributed by atoms with Crippen molar-refractivity contribution in [2.45, 2.75) is 46.1 Å². The van der Waals surface area contributed by atoms with E-state index in [0.29, 0.717) is 12.5 Å². The van der Waals surface area contributed by atoms with E-state index in [2.05, 4.69) is 31.3 Å². The molecule has 26 heavy (non-hydrogen) atoms. The van der Waals surface area contributed by atoms with Gasteiger partial charge in [-0.1, -0.05) is 38.1 Å². The van der Waals surface area contributed by atoms with Gasteiger partial charge in [0.15, 0.2) is 6.10 Å². The summed E-state index contributed by atoms with van der Waals surface area (Å²) in [6.45, 7) is 8.63. The third-order valence-electron chi connectivity index (χ3n) is 4.34. The lowest BCUT2D eigenvalue weighted by molar-refractivity contribution is -0.127. The van der Waals surface area contributed by atoms with Gasteiger partial charge < -0.3 is 14.8 Å². The smallest absolute Gasteiger partial charge is 0.260 e. The molecule has 0 saturated heterocycles. The topological polar surface area (TPSA) is 47.6 Å². The van der Waals surface area contributed by atoms with Crippen LogP contribution in [0.4, 0.5) is 0 Å². The van der Waals surface area contributed by atoms with Crippen molar-refractivity contribution in [1.82, 2.24) is 5.32 Å². The lowest BCUT2D eigenvalue weighted by atomic mass is 10.0. The second kappa shape index (κ2) is 9.27. The van der Waals surface area contributed by atoms with Gasteiger partial charge in [-0.05, 0) is 61.1 Å². The Labute approximate surface area is 156 Å². The van der Waals surface area contributed by atoms with E-state index in [1.54, 1.807) is 14.0 Å². The van der Waals surface area contributed by atoms with Crippen molar-refractivity contribution in [3.63, 3.8) is 0 Å². The summed E-state index contributed by atoms with van der Waals surface area (Å²) >= 11 is 0. The maximum Gasteiger partial charge on any atom is 0.260 e. The lowest BCUT2D eigenvalue weighted by Gasteiger charge is -2.19. The molecule has 0 aliphatic rings. The number of benzene rings is 2. The molecule has 1 atom stereocenters. The normalized spacial score (nSPS) is 11.9. The van der Waals surface area contributed by atoms with Crippen LogP contribution in [-0.2, 0) is 11.2 Å². The van der Waals surface area contributed by atoms with E-state index in [9.17, 15) is 4.79 Å². The standard InChI is InChI=1S/C22H29NO3/c1-15(2)20-11-6-16(3)14-21(20)26-17(4)22(24)23-13-12-18-7-9-19(25-5)10-8-18/h6-11,14-15,17H,12-13H2,1-5H3,(H,23,24)/t17-/m0/s1. The van der Waals surface area contributed by atoms with Crippen LogP contribution in [-0.4, -0.2) is 25.7 Å². The third kappa shape index (κ3) is 5.51. The van der Waals surface area contributed by atoms with Crippen LogP contribution in [0.3, 0.4) is 0 Å². The van der Waals surface area contributed by atoms with Crippen molar-refractivity contribution in [3.8, 4) is 11.5 Å². The molecule has 0 fully saturated rings. The number of aryl methyl sites for hydroxylation is 1. The minimum Gasteiger partial charge on any atom is -0.497 e. The Morgan fingerprint density at radius 1 is 1.08 bits per heavy atom. The average Bonchev–Trinajstić information content (AvgIpc) is 2.62. The number of nitrogens with one attached hydrogen (secondary N) is 1. The molecule has 1 amide bonds. The van der Waals surface area contributed by atoms with Gasteiger partial charge in [-0.3, -0.25) is 4.79 Å². The van der Waals surface area contributed by atoms with Gasteiger partial charge in [-0.25, -0.2) is 0 Å². The number of amides is 1. The van der Waals surface area contributed by atoms with Crippen LogP contribution >= 0.6 is 0 Å². The van der Waals surface area contributed by atoms with Crippen molar-refractivity contribution in [3.05, 3.63) is 59.2 Å². The molecular weight excluding hydrogens is 326 g/mol. The van der Waals surface area contributed by atoms with Gasteiger partial charge in [0.1, 0.15) is 11.5 Å². The highest BCUT2D eigenvalue weighted by Gasteiger charge is 2.17. The zero-order valence-corrected chi connectivity index (χ0v) is 16.3. The molecule has 0 radical (unpaired) electrons. The van der Waals surface area contributed by atoms with E-state index in [4.69, 9.17) is 9.47 Å². The summed E-state index contributed by atoms with van der Waals surface area (Å²) in [6, 6.07) is 14.0. The van der Waals surface area contributed by atoms with Crippen molar-refractivity contribution in [2.24, 2.45) is 0 Å². The summed E-state index contributed by atoms with van der Waals surface area (Å²) in [4.78, 5) is 12.3. The van der Waals surface area contributed by atoms with Gasteiger partial charge >= 0.3 is 0 Å². The maximum atomic E-state index is 12.3. The van der Waals surface area contributed by atoms with Crippen molar-refractivity contribution >= 4 is 5.91 Å². The molecule has 0 heterocycles. The summed E-state index contributed by atoms with van der Waals surface area (Å²) in [7, 11) is 1.65. The summed E-state index contributed by atoms with van der Waals surface area (Å²) in [5.74, 6) is 1.86. The quantitative estimate of drug-likeness (QED) is 0.770. The van der Waals surface area contributed by atoms with Crippen molar-refractivity contribution in [2.75, 3.05) is 13.7 Å². The highest BCUT2D eigenvalue weighted by Crippen LogP contribution is 2.28. The number of carbonyl (C=O) groups excluding carboxylic acids is 1. The molecular formula is C22H29NO3. The van der Waals surface area contributed by atoms with E-state index in [1.165, 1.54) is 0 Å². The Hall–Kier alpha value is -2.49.